The Kier molecular flexibility index (Phi) is 8.07. The summed E-state index contributed by atoms with van der Waals surface area (Å²) >= 11 is 0. The van der Waals surface area contributed by atoms with Crippen LogP contribution in [0.1, 0.15) is 12.0 Å². The summed E-state index contributed by atoms with van der Waals surface area (Å²) in [4.78, 5) is 9.42. The molecule has 3 aromatic rings. The zero-order valence-electron chi connectivity index (χ0n) is 20.0. The van der Waals surface area contributed by atoms with Crippen LogP contribution in [-0.2, 0) is 11.3 Å². The Morgan fingerprint density at radius 1 is 1.28 bits per heavy atom. The highest BCUT2D eigenvalue weighted by Gasteiger charge is 2.29. The van der Waals surface area contributed by atoms with E-state index in [1.54, 1.807) is 25.2 Å². The van der Waals surface area contributed by atoms with Crippen molar-refractivity contribution in [2.45, 2.75) is 38.2 Å². The van der Waals surface area contributed by atoms with E-state index in [9.17, 15) is 18.3 Å². The first-order valence-corrected chi connectivity index (χ1v) is 11.6. The van der Waals surface area contributed by atoms with Crippen LogP contribution in [-0.4, -0.2) is 76.6 Å². The van der Waals surface area contributed by atoms with Crippen molar-refractivity contribution in [2.75, 3.05) is 38.7 Å². The number of aromatic nitrogens is 4. The fourth-order valence-corrected chi connectivity index (χ4v) is 3.88. The smallest absolute Gasteiger partial charge is 0.408 e. The molecule has 1 fully saturated rings. The van der Waals surface area contributed by atoms with Crippen molar-refractivity contribution < 1.29 is 27.8 Å². The molecule has 12 heteroatoms. The average molecular weight is 507 g/mol. The zero-order valence-corrected chi connectivity index (χ0v) is 20.0. The van der Waals surface area contributed by atoms with Crippen molar-refractivity contribution in [3.05, 3.63) is 42.2 Å². The summed E-state index contributed by atoms with van der Waals surface area (Å²) in [5, 5.41) is 20.1. The Bertz CT molecular complexity index is 1160. The van der Waals surface area contributed by atoms with Gasteiger partial charge in [-0.1, -0.05) is 12.1 Å². The Morgan fingerprint density at radius 3 is 2.83 bits per heavy atom. The van der Waals surface area contributed by atoms with Gasteiger partial charge in [-0.2, -0.15) is 18.3 Å². The van der Waals surface area contributed by atoms with Crippen LogP contribution in [0.4, 0.5) is 19.0 Å². The van der Waals surface area contributed by atoms with E-state index in [2.05, 4.69) is 15.7 Å². The Labute approximate surface area is 206 Å². The number of alkyl halides is 3. The highest BCUT2D eigenvalue weighted by molar-refractivity contribution is 5.71. The lowest BCUT2D eigenvalue weighted by Crippen LogP contribution is -2.29. The highest BCUT2D eigenvalue weighted by Crippen LogP contribution is 2.31. The molecule has 2 unspecified atom stereocenters. The maximum Gasteiger partial charge on any atom is 0.408 e. The van der Waals surface area contributed by atoms with Crippen LogP contribution in [0.2, 0.25) is 0 Å². The van der Waals surface area contributed by atoms with Crippen molar-refractivity contribution in [1.29, 1.82) is 0 Å². The van der Waals surface area contributed by atoms with Gasteiger partial charge in [0.25, 0.3) is 0 Å². The van der Waals surface area contributed by atoms with E-state index in [1.807, 2.05) is 13.0 Å². The van der Waals surface area contributed by atoms with Gasteiger partial charge in [0.1, 0.15) is 30.8 Å². The first-order valence-electron chi connectivity index (χ1n) is 11.6. The number of anilines is 1. The summed E-state index contributed by atoms with van der Waals surface area (Å²) in [5.41, 5.74) is 2.28. The van der Waals surface area contributed by atoms with E-state index >= 15 is 0 Å². The molecule has 0 amide bonds. The topological polar surface area (TPSA) is 106 Å². The van der Waals surface area contributed by atoms with E-state index in [0.717, 1.165) is 11.1 Å². The van der Waals surface area contributed by atoms with Crippen molar-refractivity contribution in [1.82, 2.24) is 25.1 Å². The van der Waals surface area contributed by atoms with Crippen molar-refractivity contribution in [3.63, 3.8) is 0 Å². The van der Waals surface area contributed by atoms with Crippen LogP contribution in [0.5, 0.6) is 5.75 Å². The van der Waals surface area contributed by atoms with Crippen molar-refractivity contribution in [3.8, 4) is 28.4 Å². The molecule has 2 atom stereocenters. The van der Waals surface area contributed by atoms with Crippen molar-refractivity contribution in [2.24, 2.45) is 0 Å². The first kappa shape index (κ1) is 25.9. The number of halogens is 3. The van der Waals surface area contributed by atoms with E-state index in [4.69, 9.17) is 19.4 Å². The molecular weight excluding hydrogens is 477 g/mol. The van der Waals surface area contributed by atoms with Gasteiger partial charge in [0.05, 0.1) is 24.5 Å². The molecule has 0 saturated carbocycles. The summed E-state index contributed by atoms with van der Waals surface area (Å²) < 4.78 is 50.6. The maximum atomic E-state index is 12.9. The number of nitrogens with one attached hydrogen (secondary N) is 2. The van der Waals surface area contributed by atoms with E-state index < -0.39 is 18.8 Å². The fourth-order valence-electron chi connectivity index (χ4n) is 3.88. The largest absolute Gasteiger partial charge is 0.491 e. The second-order valence-corrected chi connectivity index (χ2v) is 8.67. The van der Waals surface area contributed by atoms with Crippen molar-refractivity contribution >= 4 is 5.82 Å². The van der Waals surface area contributed by atoms with Crippen LogP contribution in [0.15, 0.2) is 36.7 Å². The van der Waals surface area contributed by atoms with Gasteiger partial charge in [0.15, 0.2) is 5.82 Å². The third kappa shape index (κ3) is 6.71. The molecule has 0 radical (unpaired) electrons. The second kappa shape index (κ2) is 11.2. The number of nitrogens with zero attached hydrogens (tertiary/aromatic N) is 4. The van der Waals surface area contributed by atoms with Gasteiger partial charge < -0.3 is 25.2 Å². The molecule has 3 N–H and O–H groups in total. The van der Waals surface area contributed by atoms with Crippen LogP contribution in [0.3, 0.4) is 0 Å². The monoisotopic (exact) mass is 506 g/mol. The molecule has 36 heavy (non-hydrogen) atoms. The number of benzene rings is 1. The minimum atomic E-state index is -4.38. The molecule has 1 aliphatic rings. The van der Waals surface area contributed by atoms with Gasteiger partial charge in [-0.05, 0) is 32.5 Å². The standard InChI is InChI=1S/C24H29F3N6O3/c1-15-21(17-9-29-33(11-17)14-24(25,26)27)31-23(32-22(15)30-18-6-7-35-12-18)16-4-3-5-20(8-16)36-13-19(34)10-28-2/h3-5,8-9,11,18-19,28,34H,6-7,10,12-14H2,1-2H3,(H,30,31,32). The summed E-state index contributed by atoms with van der Waals surface area (Å²) in [5.74, 6) is 1.48. The van der Waals surface area contributed by atoms with E-state index in [1.165, 1.54) is 12.4 Å². The summed E-state index contributed by atoms with van der Waals surface area (Å²) in [6.07, 6.45) is -1.53. The molecule has 1 aliphatic heterocycles. The number of aliphatic hydroxyl groups is 1. The maximum absolute atomic E-state index is 12.9. The third-order valence-corrected chi connectivity index (χ3v) is 5.64. The Morgan fingerprint density at radius 2 is 2.11 bits per heavy atom. The third-order valence-electron chi connectivity index (χ3n) is 5.64. The predicted octanol–water partition coefficient (Wildman–Crippen LogP) is 3.04. The number of hydrogen-bond donors (Lipinski definition) is 3. The molecule has 194 valence electrons. The van der Waals surface area contributed by atoms with E-state index in [0.29, 0.717) is 59.5 Å². The summed E-state index contributed by atoms with van der Waals surface area (Å²) in [7, 11) is 1.74. The van der Waals surface area contributed by atoms with Crippen LogP contribution < -0.4 is 15.4 Å². The fraction of sp³-hybridized carbons (Fsp3) is 0.458. The number of likely N-dealkylation sites (N-methyl/N-ethyl adjacent to an activating group) is 1. The minimum Gasteiger partial charge on any atom is -0.491 e. The zero-order chi connectivity index (χ0) is 25.7. The van der Waals surface area contributed by atoms with Crippen LogP contribution in [0.25, 0.3) is 22.6 Å². The quantitative estimate of drug-likeness (QED) is 0.385. The minimum absolute atomic E-state index is 0.0654. The summed E-state index contributed by atoms with van der Waals surface area (Å²) in [6.45, 7) is 2.32. The molecule has 1 aromatic carbocycles. The number of hydrogen-bond acceptors (Lipinski definition) is 8. The van der Waals surface area contributed by atoms with Crippen LogP contribution >= 0.6 is 0 Å². The Hall–Kier alpha value is -3.22. The molecule has 3 heterocycles. The molecule has 1 saturated heterocycles. The van der Waals surface area contributed by atoms with Gasteiger partial charge in [0.2, 0.25) is 0 Å². The molecule has 0 bridgehead atoms. The number of aliphatic hydroxyl groups excluding tert-OH is 1. The molecule has 0 spiro atoms. The lowest BCUT2D eigenvalue weighted by atomic mass is 10.1. The SMILES string of the molecule is CNCC(O)COc1cccc(-c2nc(NC3CCOC3)c(C)c(-c3cnn(CC(F)(F)F)c3)n2)c1. The normalized spacial score (nSPS) is 16.8. The molecule has 0 aliphatic carbocycles. The molecular formula is C24H29F3N6O3. The Balaban J connectivity index is 1.68. The lowest BCUT2D eigenvalue weighted by Gasteiger charge is -2.17. The van der Waals surface area contributed by atoms with Gasteiger partial charge >= 0.3 is 6.18 Å². The average Bonchev–Trinajstić information content (AvgIpc) is 3.51. The molecule has 4 rings (SSSR count). The first-order chi connectivity index (χ1) is 17.2. The van der Waals surface area contributed by atoms with Gasteiger partial charge in [-0.15, -0.1) is 0 Å². The van der Waals surface area contributed by atoms with E-state index in [-0.39, 0.29) is 12.6 Å². The number of rotatable bonds is 10. The number of ether oxygens (including phenoxy) is 2. The van der Waals surface area contributed by atoms with Gasteiger partial charge in [-0.3, -0.25) is 4.68 Å². The highest BCUT2D eigenvalue weighted by atomic mass is 19.4. The predicted molar refractivity (Wildman–Crippen MR) is 128 cm³/mol. The van der Waals surface area contributed by atoms with Gasteiger partial charge in [0, 0.05) is 36.0 Å². The lowest BCUT2D eigenvalue weighted by molar-refractivity contribution is -0.142. The van der Waals surface area contributed by atoms with Crippen LogP contribution in [0, 0.1) is 6.92 Å². The summed E-state index contributed by atoms with van der Waals surface area (Å²) in [6, 6.07) is 7.20. The second-order valence-electron chi connectivity index (χ2n) is 8.67. The molecule has 2 aromatic heterocycles. The van der Waals surface area contributed by atoms with Gasteiger partial charge in [-0.25, -0.2) is 9.97 Å². The molecule has 9 nitrogen and oxygen atoms in total.